The number of rotatable bonds is 17. The van der Waals surface area contributed by atoms with Crippen LogP contribution in [0.4, 0.5) is 5.69 Å². The van der Waals surface area contributed by atoms with Gasteiger partial charge in [-0.2, -0.15) is 0 Å². The Hall–Kier alpha value is -3.70. The van der Waals surface area contributed by atoms with Crippen LogP contribution in [0.1, 0.15) is 45.6 Å². The monoisotopic (exact) mass is 641 g/mol. The molecule has 0 aromatic heterocycles. The first-order chi connectivity index (χ1) is 21.2. The molecule has 0 spiro atoms. The summed E-state index contributed by atoms with van der Waals surface area (Å²) in [6.45, 7) is 6.30. The van der Waals surface area contributed by atoms with Gasteiger partial charge in [-0.1, -0.05) is 32.4 Å². The van der Waals surface area contributed by atoms with Crippen LogP contribution in [0, 0.1) is 0 Å². The number of carbonyl (C=O) groups excluding carboxylic acids is 2. The number of nitrogens with one attached hydrogen (secondary N) is 1. The van der Waals surface area contributed by atoms with Crippen molar-refractivity contribution in [2.45, 2.75) is 62.4 Å². The molecule has 0 heterocycles. The highest BCUT2D eigenvalue weighted by Crippen LogP contribution is 2.28. The largest absolute Gasteiger partial charge is 0.497 e. The molecular formula is C33H43N3O6S2. The van der Waals surface area contributed by atoms with Crippen molar-refractivity contribution >= 4 is 39.3 Å². The number of hydrogen-bond donors (Lipinski definition) is 1. The summed E-state index contributed by atoms with van der Waals surface area (Å²) in [6, 6.07) is 19.6. The molecule has 0 aliphatic rings. The fourth-order valence-corrected chi connectivity index (χ4v) is 6.45. The molecule has 9 nitrogen and oxygen atoms in total. The Labute approximate surface area is 266 Å². The Bertz CT molecular complexity index is 1450. The van der Waals surface area contributed by atoms with Gasteiger partial charge in [0.15, 0.2) is 0 Å². The zero-order valence-electron chi connectivity index (χ0n) is 26.1. The quantitative estimate of drug-likeness (QED) is 0.148. The van der Waals surface area contributed by atoms with E-state index in [1.54, 1.807) is 67.8 Å². The normalized spacial score (nSPS) is 11.8. The van der Waals surface area contributed by atoms with Crippen molar-refractivity contribution in [3.8, 4) is 11.5 Å². The Morgan fingerprint density at radius 3 is 2.09 bits per heavy atom. The van der Waals surface area contributed by atoms with E-state index >= 15 is 0 Å². The Morgan fingerprint density at radius 2 is 1.55 bits per heavy atom. The highest BCUT2D eigenvalue weighted by molar-refractivity contribution is 7.98. The third kappa shape index (κ3) is 9.15. The molecule has 3 aromatic carbocycles. The molecule has 0 radical (unpaired) electrons. The first-order valence-corrected chi connectivity index (χ1v) is 17.4. The molecule has 1 N–H and O–H groups in total. The number of hydrogen-bond acceptors (Lipinski definition) is 7. The number of thioether (sulfide) groups is 1. The van der Waals surface area contributed by atoms with E-state index < -0.39 is 28.5 Å². The topological polar surface area (TPSA) is 105 Å². The molecule has 2 amide bonds. The van der Waals surface area contributed by atoms with Crippen LogP contribution in [0.2, 0.25) is 0 Å². The summed E-state index contributed by atoms with van der Waals surface area (Å²) >= 11 is 1.50. The van der Waals surface area contributed by atoms with Gasteiger partial charge in [0.25, 0.3) is 10.0 Å². The predicted octanol–water partition coefficient (Wildman–Crippen LogP) is 5.73. The Balaban J connectivity index is 2.04. The lowest BCUT2D eigenvalue weighted by Gasteiger charge is -2.33. The number of amides is 2. The van der Waals surface area contributed by atoms with Crippen LogP contribution in [0.5, 0.6) is 11.5 Å². The van der Waals surface area contributed by atoms with Crippen molar-refractivity contribution in [1.82, 2.24) is 10.2 Å². The van der Waals surface area contributed by atoms with E-state index in [2.05, 4.69) is 5.32 Å². The third-order valence-corrected chi connectivity index (χ3v) is 9.62. The van der Waals surface area contributed by atoms with Gasteiger partial charge in [-0.3, -0.25) is 13.9 Å². The lowest BCUT2D eigenvalue weighted by Crippen LogP contribution is -2.52. The van der Waals surface area contributed by atoms with Gasteiger partial charge in [0.1, 0.15) is 24.1 Å². The number of sulfonamides is 1. The van der Waals surface area contributed by atoms with Crippen LogP contribution in [0.3, 0.4) is 0 Å². The average molecular weight is 642 g/mol. The molecule has 3 rings (SSSR count). The van der Waals surface area contributed by atoms with E-state index in [0.717, 1.165) is 27.6 Å². The van der Waals surface area contributed by atoms with Gasteiger partial charge in [0.2, 0.25) is 11.8 Å². The zero-order chi connectivity index (χ0) is 32.1. The Morgan fingerprint density at radius 1 is 0.909 bits per heavy atom. The zero-order valence-corrected chi connectivity index (χ0v) is 27.7. The van der Waals surface area contributed by atoms with Crippen LogP contribution < -0.4 is 19.1 Å². The van der Waals surface area contributed by atoms with Crippen molar-refractivity contribution < 1.29 is 27.5 Å². The molecule has 0 unspecified atom stereocenters. The molecule has 44 heavy (non-hydrogen) atoms. The summed E-state index contributed by atoms with van der Waals surface area (Å²) < 4.78 is 40.1. The molecule has 0 aliphatic heterocycles. The molecule has 0 bridgehead atoms. The van der Waals surface area contributed by atoms with E-state index in [9.17, 15) is 18.0 Å². The second-order valence-electron chi connectivity index (χ2n) is 10.1. The Kier molecular flexibility index (Phi) is 13.4. The van der Waals surface area contributed by atoms with Crippen LogP contribution in [-0.2, 0) is 26.2 Å². The average Bonchev–Trinajstić information content (AvgIpc) is 3.04. The summed E-state index contributed by atoms with van der Waals surface area (Å²) in [7, 11) is -2.59. The van der Waals surface area contributed by atoms with Gasteiger partial charge >= 0.3 is 0 Å². The summed E-state index contributed by atoms with van der Waals surface area (Å²) in [5, 5.41) is 2.94. The highest BCUT2D eigenvalue weighted by atomic mass is 32.2. The lowest BCUT2D eigenvalue weighted by molar-refractivity contribution is -0.140. The standard InChI is InChI=1S/C33H43N3O6S2/c1-6-9-22-34-33(38)31(7-2)35(23-25-10-14-27(41-4)15-11-25)32(37)24-36(26-12-16-28(17-13-26)42-8-3)44(39,40)30-20-18-29(43-5)19-21-30/h10-21,31H,6-9,22-24H2,1-5H3,(H,34,38)/t31-/m1/s1. The van der Waals surface area contributed by atoms with Crippen LogP contribution in [0.15, 0.2) is 82.6 Å². The van der Waals surface area contributed by atoms with Crippen LogP contribution in [0.25, 0.3) is 0 Å². The van der Waals surface area contributed by atoms with Gasteiger partial charge in [-0.25, -0.2) is 8.42 Å². The summed E-state index contributed by atoms with van der Waals surface area (Å²) in [6.07, 6.45) is 3.99. The first-order valence-electron chi connectivity index (χ1n) is 14.8. The molecule has 0 saturated carbocycles. The molecule has 238 valence electrons. The lowest BCUT2D eigenvalue weighted by atomic mass is 10.1. The third-order valence-electron chi connectivity index (χ3n) is 7.09. The first kappa shape index (κ1) is 34.8. The number of nitrogens with zero attached hydrogens (tertiary/aromatic N) is 2. The van der Waals surface area contributed by atoms with Gasteiger partial charge in [0, 0.05) is 18.0 Å². The number of methoxy groups -OCH3 is 1. The van der Waals surface area contributed by atoms with Gasteiger partial charge < -0.3 is 19.7 Å². The number of unbranched alkanes of at least 4 members (excludes halogenated alkanes) is 1. The van der Waals surface area contributed by atoms with E-state index in [1.165, 1.54) is 16.7 Å². The minimum Gasteiger partial charge on any atom is -0.497 e. The SMILES string of the molecule is CCCCNC(=O)[C@@H](CC)N(Cc1ccc(OC)cc1)C(=O)CN(c1ccc(OCC)cc1)S(=O)(=O)c1ccc(SC)cc1. The predicted molar refractivity (Wildman–Crippen MR) is 176 cm³/mol. The number of carbonyl (C=O) groups is 2. The van der Waals surface area contributed by atoms with E-state index in [0.29, 0.717) is 36.8 Å². The van der Waals surface area contributed by atoms with Crippen LogP contribution in [-0.4, -0.2) is 64.2 Å². The number of anilines is 1. The fourth-order valence-electron chi connectivity index (χ4n) is 4.63. The maximum absolute atomic E-state index is 14.2. The molecule has 0 fully saturated rings. The van der Waals surface area contributed by atoms with Crippen molar-refractivity contribution in [3.05, 3.63) is 78.4 Å². The minimum atomic E-state index is -4.17. The van der Waals surface area contributed by atoms with Gasteiger partial charge in [-0.15, -0.1) is 11.8 Å². The summed E-state index contributed by atoms with van der Waals surface area (Å²) in [5.41, 5.74) is 1.09. The van der Waals surface area contributed by atoms with E-state index in [4.69, 9.17) is 9.47 Å². The maximum Gasteiger partial charge on any atom is 0.264 e. The molecule has 0 saturated heterocycles. The second kappa shape index (κ2) is 17.0. The van der Waals surface area contributed by atoms with Gasteiger partial charge in [-0.05, 0) is 92.2 Å². The minimum absolute atomic E-state index is 0.0584. The molecule has 11 heteroatoms. The number of benzene rings is 3. The maximum atomic E-state index is 14.2. The molecule has 1 atom stereocenters. The van der Waals surface area contributed by atoms with Crippen molar-refractivity contribution in [2.24, 2.45) is 0 Å². The fraction of sp³-hybridized carbons (Fsp3) is 0.394. The summed E-state index contributed by atoms with van der Waals surface area (Å²) in [4.78, 5) is 30.0. The van der Waals surface area contributed by atoms with Crippen LogP contribution >= 0.6 is 11.8 Å². The van der Waals surface area contributed by atoms with Crippen molar-refractivity contribution in [1.29, 1.82) is 0 Å². The smallest absolute Gasteiger partial charge is 0.264 e. The van der Waals surface area contributed by atoms with Gasteiger partial charge in [0.05, 0.1) is 24.3 Å². The molecular weight excluding hydrogens is 599 g/mol. The van der Waals surface area contributed by atoms with E-state index in [-0.39, 0.29) is 17.3 Å². The molecule has 3 aromatic rings. The number of ether oxygens (including phenoxy) is 2. The second-order valence-corrected chi connectivity index (χ2v) is 12.8. The molecule has 0 aliphatic carbocycles. The summed E-state index contributed by atoms with van der Waals surface area (Å²) in [5.74, 6) is 0.471. The van der Waals surface area contributed by atoms with Crippen molar-refractivity contribution in [2.75, 3.05) is 37.4 Å². The van der Waals surface area contributed by atoms with Crippen molar-refractivity contribution in [3.63, 3.8) is 0 Å². The highest BCUT2D eigenvalue weighted by Gasteiger charge is 2.33. The van der Waals surface area contributed by atoms with E-state index in [1.807, 2.05) is 39.2 Å².